The Morgan fingerprint density at radius 3 is 2.47 bits per heavy atom. The molecule has 102 valence electrons. The molecule has 1 unspecified atom stereocenters. The molecule has 0 fully saturated rings. The van der Waals surface area contributed by atoms with Crippen molar-refractivity contribution in [3.63, 3.8) is 0 Å². The number of nitrogens with zero attached hydrogens (tertiary/aromatic N) is 1. The molecule has 0 aliphatic rings. The number of nitrogens with two attached hydrogens (primary N) is 1. The molecule has 0 saturated carbocycles. The molecule has 0 radical (unpaired) electrons. The maximum absolute atomic E-state index is 11.8. The molecular formula is C13H28N2O2. The van der Waals surface area contributed by atoms with Crippen LogP contribution >= 0.6 is 0 Å². The van der Waals surface area contributed by atoms with Crippen molar-refractivity contribution in [1.29, 1.82) is 0 Å². The fourth-order valence-electron chi connectivity index (χ4n) is 1.88. The number of rotatable bonds is 9. The van der Waals surface area contributed by atoms with Crippen LogP contribution in [0, 0.1) is 11.8 Å². The minimum absolute atomic E-state index is 0.199. The van der Waals surface area contributed by atoms with Gasteiger partial charge in [-0.1, -0.05) is 13.8 Å². The van der Waals surface area contributed by atoms with Gasteiger partial charge in [0.1, 0.15) is 0 Å². The van der Waals surface area contributed by atoms with Crippen molar-refractivity contribution in [2.75, 3.05) is 33.9 Å². The summed E-state index contributed by atoms with van der Waals surface area (Å²) in [5.41, 5.74) is 5.59. The average molecular weight is 244 g/mol. The van der Waals surface area contributed by atoms with Gasteiger partial charge in [-0.15, -0.1) is 0 Å². The number of methoxy groups -OCH3 is 1. The van der Waals surface area contributed by atoms with E-state index in [1.165, 1.54) is 0 Å². The Kier molecular flexibility index (Phi) is 9.09. The van der Waals surface area contributed by atoms with Crippen molar-refractivity contribution >= 4 is 5.91 Å². The van der Waals surface area contributed by atoms with Crippen molar-refractivity contribution < 1.29 is 9.53 Å². The molecule has 0 aromatic carbocycles. The summed E-state index contributed by atoms with van der Waals surface area (Å²) in [6.45, 7) is 6.35. The van der Waals surface area contributed by atoms with Crippen LogP contribution in [-0.2, 0) is 9.53 Å². The van der Waals surface area contributed by atoms with Gasteiger partial charge >= 0.3 is 0 Å². The lowest BCUT2D eigenvalue weighted by Crippen LogP contribution is -2.30. The molecule has 0 rings (SSSR count). The molecule has 0 aromatic rings. The molecule has 2 N–H and O–H groups in total. The topological polar surface area (TPSA) is 55.6 Å². The van der Waals surface area contributed by atoms with Gasteiger partial charge in [0.15, 0.2) is 0 Å². The van der Waals surface area contributed by atoms with E-state index < -0.39 is 0 Å². The van der Waals surface area contributed by atoms with Gasteiger partial charge in [-0.3, -0.25) is 4.79 Å². The Balaban J connectivity index is 3.94. The Morgan fingerprint density at radius 2 is 2.00 bits per heavy atom. The third kappa shape index (κ3) is 7.34. The van der Waals surface area contributed by atoms with E-state index in [2.05, 4.69) is 13.8 Å². The lowest BCUT2D eigenvalue weighted by molar-refractivity contribution is -0.130. The fraction of sp³-hybridized carbons (Fsp3) is 0.923. The van der Waals surface area contributed by atoms with Gasteiger partial charge in [-0.05, 0) is 31.2 Å². The lowest BCUT2D eigenvalue weighted by Gasteiger charge is -2.22. The van der Waals surface area contributed by atoms with Crippen molar-refractivity contribution in [1.82, 2.24) is 4.90 Å². The van der Waals surface area contributed by atoms with Crippen molar-refractivity contribution in [3.8, 4) is 0 Å². The van der Waals surface area contributed by atoms with E-state index >= 15 is 0 Å². The predicted octanol–water partition coefficient (Wildman–Crippen LogP) is 1.49. The SMILES string of the molecule is COCCN(C)C(=O)CCC(CCN)C(C)C. The maximum Gasteiger partial charge on any atom is 0.222 e. The molecule has 0 bridgehead atoms. The van der Waals surface area contributed by atoms with E-state index in [1.54, 1.807) is 12.0 Å². The zero-order valence-electron chi connectivity index (χ0n) is 11.7. The minimum Gasteiger partial charge on any atom is -0.383 e. The van der Waals surface area contributed by atoms with Gasteiger partial charge in [0.25, 0.3) is 0 Å². The molecule has 0 aliphatic heterocycles. The van der Waals surface area contributed by atoms with Crippen molar-refractivity contribution in [3.05, 3.63) is 0 Å². The summed E-state index contributed by atoms with van der Waals surface area (Å²) < 4.78 is 4.95. The van der Waals surface area contributed by atoms with E-state index in [0.29, 0.717) is 38.0 Å². The van der Waals surface area contributed by atoms with E-state index in [0.717, 1.165) is 12.8 Å². The minimum atomic E-state index is 0.199. The Hall–Kier alpha value is -0.610. The van der Waals surface area contributed by atoms with Crippen LogP contribution in [0.4, 0.5) is 0 Å². The van der Waals surface area contributed by atoms with Crippen molar-refractivity contribution in [2.45, 2.75) is 33.1 Å². The highest BCUT2D eigenvalue weighted by Crippen LogP contribution is 2.20. The van der Waals surface area contributed by atoms with Crippen LogP contribution < -0.4 is 5.73 Å². The molecule has 0 aliphatic carbocycles. The second-order valence-corrected chi connectivity index (χ2v) is 4.93. The number of likely N-dealkylation sites (N-methyl/N-ethyl adjacent to an activating group) is 1. The van der Waals surface area contributed by atoms with Crippen LogP contribution in [0.1, 0.15) is 33.1 Å². The van der Waals surface area contributed by atoms with Crippen LogP contribution in [0.2, 0.25) is 0 Å². The van der Waals surface area contributed by atoms with Gasteiger partial charge in [-0.2, -0.15) is 0 Å². The van der Waals surface area contributed by atoms with E-state index in [9.17, 15) is 4.79 Å². The summed E-state index contributed by atoms with van der Waals surface area (Å²) in [7, 11) is 3.48. The molecule has 1 amide bonds. The third-order valence-electron chi connectivity index (χ3n) is 3.27. The normalized spacial score (nSPS) is 12.8. The monoisotopic (exact) mass is 244 g/mol. The molecule has 0 aromatic heterocycles. The second kappa shape index (κ2) is 9.42. The van der Waals surface area contributed by atoms with Gasteiger partial charge in [0.05, 0.1) is 6.61 Å². The molecular weight excluding hydrogens is 216 g/mol. The summed E-state index contributed by atoms with van der Waals surface area (Å²) in [5, 5.41) is 0. The largest absolute Gasteiger partial charge is 0.383 e. The van der Waals surface area contributed by atoms with E-state index in [1.807, 2.05) is 7.05 Å². The van der Waals surface area contributed by atoms with E-state index in [4.69, 9.17) is 10.5 Å². The molecule has 17 heavy (non-hydrogen) atoms. The number of carbonyl (C=O) groups excluding carboxylic acids is 1. The van der Waals surface area contributed by atoms with Gasteiger partial charge < -0.3 is 15.4 Å². The van der Waals surface area contributed by atoms with Crippen LogP contribution in [-0.4, -0.2) is 44.7 Å². The number of amides is 1. The standard InChI is InChI=1S/C13H28N2O2/c1-11(2)12(7-8-14)5-6-13(16)15(3)9-10-17-4/h11-12H,5-10,14H2,1-4H3. The summed E-state index contributed by atoms with van der Waals surface area (Å²) in [6.07, 6.45) is 2.56. The Morgan fingerprint density at radius 1 is 1.35 bits per heavy atom. The molecule has 0 saturated heterocycles. The first kappa shape index (κ1) is 16.4. The average Bonchev–Trinajstić information content (AvgIpc) is 2.30. The highest BCUT2D eigenvalue weighted by molar-refractivity contribution is 5.75. The first-order valence-corrected chi connectivity index (χ1v) is 6.45. The summed E-state index contributed by atoms with van der Waals surface area (Å²) in [4.78, 5) is 13.6. The van der Waals surface area contributed by atoms with Crippen LogP contribution in [0.3, 0.4) is 0 Å². The van der Waals surface area contributed by atoms with Crippen LogP contribution in [0.15, 0.2) is 0 Å². The first-order valence-electron chi connectivity index (χ1n) is 6.45. The molecule has 0 spiro atoms. The van der Waals surface area contributed by atoms with Crippen molar-refractivity contribution in [2.24, 2.45) is 17.6 Å². The first-order chi connectivity index (χ1) is 8.02. The fourth-order valence-corrected chi connectivity index (χ4v) is 1.88. The van der Waals surface area contributed by atoms with E-state index in [-0.39, 0.29) is 5.91 Å². The zero-order chi connectivity index (χ0) is 13.3. The number of hydrogen-bond acceptors (Lipinski definition) is 3. The van der Waals surface area contributed by atoms with Gasteiger partial charge in [0.2, 0.25) is 5.91 Å². The molecule has 4 nitrogen and oxygen atoms in total. The van der Waals surface area contributed by atoms with Gasteiger partial charge in [0, 0.05) is 27.1 Å². The summed E-state index contributed by atoms with van der Waals surface area (Å²) >= 11 is 0. The highest BCUT2D eigenvalue weighted by Gasteiger charge is 2.16. The maximum atomic E-state index is 11.8. The third-order valence-corrected chi connectivity index (χ3v) is 3.27. The predicted molar refractivity (Wildman–Crippen MR) is 70.7 cm³/mol. The summed E-state index contributed by atoms with van der Waals surface area (Å²) in [5.74, 6) is 1.35. The summed E-state index contributed by atoms with van der Waals surface area (Å²) in [6, 6.07) is 0. The second-order valence-electron chi connectivity index (χ2n) is 4.93. The molecule has 0 heterocycles. The molecule has 1 atom stereocenters. The number of ether oxygens (including phenoxy) is 1. The number of carbonyl (C=O) groups is 1. The smallest absolute Gasteiger partial charge is 0.222 e. The molecule has 4 heteroatoms. The lowest BCUT2D eigenvalue weighted by atomic mass is 9.88. The Labute approximate surface area is 105 Å². The zero-order valence-corrected chi connectivity index (χ0v) is 11.7. The van der Waals surface area contributed by atoms with Gasteiger partial charge in [-0.25, -0.2) is 0 Å². The Bertz CT molecular complexity index is 208. The number of hydrogen-bond donors (Lipinski definition) is 1. The van der Waals surface area contributed by atoms with Crippen LogP contribution in [0.25, 0.3) is 0 Å². The van der Waals surface area contributed by atoms with Crippen LogP contribution in [0.5, 0.6) is 0 Å². The quantitative estimate of drug-likeness (QED) is 0.668. The highest BCUT2D eigenvalue weighted by atomic mass is 16.5.